The van der Waals surface area contributed by atoms with Gasteiger partial charge < -0.3 is 19.7 Å². The van der Waals surface area contributed by atoms with Crippen molar-refractivity contribution in [3.05, 3.63) is 24.2 Å². The van der Waals surface area contributed by atoms with Crippen LogP contribution in [-0.4, -0.2) is 48.1 Å². The molecule has 1 fully saturated rings. The summed E-state index contributed by atoms with van der Waals surface area (Å²) in [5.41, 5.74) is 0. The van der Waals surface area contributed by atoms with Gasteiger partial charge in [-0.1, -0.05) is 6.42 Å². The average Bonchev–Trinajstić information content (AvgIpc) is 3.15. The number of carbonyl (C=O) groups is 2. The minimum absolute atomic E-state index is 0.0475. The highest BCUT2D eigenvalue weighted by atomic mass is 16.3. The van der Waals surface area contributed by atoms with E-state index in [2.05, 4.69) is 5.32 Å². The first-order chi connectivity index (χ1) is 10.6. The number of aliphatic hydroxyl groups is 1. The molecule has 2 atom stereocenters. The molecular weight excluding hydrogens is 284 g/mol. The largest absolute Gasteiger partial charge is 0.459 e. The summed E-state index contributed by atoms with van der Waals surface area (Å²) in [6.45, 7) is 1.05. The molecule has 0 bridgehead atoms. The number of amides is 2. The van der Waals surface area contributed by atoms with Crippen LogP contribution >= 0.6 is 0 Å². The number of hydrogen-bond acceptors (Lipinski definition) is 4. The number of rotatable bonds is 7. The molecule has 1 saturated carbocycles. The van der Waals surface area contributed by atoms with Crippen molar-refractivity contribution in [3.63, 3.8) is 0 Å². The molecule has 1 aromatic heterocycles. The number of carbonyl (C=O) groups excluding carboxylic acids is 2. The van der Waals surface area contributed by atoms with E-state index in [1.54, 1.807) is 24.1 Å². The Balaban J connectivity index is 1.61. The molecule has 6 nitrogen and oxygen atoms in total. The number of aliphatic hydroxyl groups excluding tert-OH is 1. The van der Waals surface area contributed by atoms with Crippen LogP contribution in [0, 0.1) is 5.92 Å². The van der Waals surface area contributed by atoms with E-state index in [1.807, 2.05) is 0 Å². The van der Waals surface area contributed by atoms with Crippen molar-refractivity contribution in [2.24, 2.45) is 5.92 Å². The lowest BCUT2D eigenvalue weighted by Gasteiger charge is -2.23. The molecule has 2 unspecified atom stereocenters. The summed E-state index contributed by atoms with van der Waals surface area (Å²) in [5.74, 6) is 0.262. The zero-order valence-electron chi connectivity index (χ0n) is 13.0. The van der Waals surface area contributed by atoms with Crippen LogP contribution in [0.5, 0.6) is 0 Å². The van der Waals surface area contributed by atoms with Gasteiger partial charge in [0.15, 0.2) is 5.76 Å². The van der Waals surface area contributed by atoms with Gasteiger partial charge in [0.05, 0.1) is 12.4 Å². The van der Waals surface area contributed by atoms with Gasteiger partial charge in [0.25, 0.3) is 5.91 Å². The third-order valence-electron chi connectivity index (χ3n) is 4.15. The predicted molar refractivity (Wildman–Crippen MR) is 81.3 cm³/mol. The molecule has 0 aliphatic heterocycles. The van der Waals surface area contributed by atoms with E-state index in [4.69, 9.17) is 4.42 Å². The Bertz CT molecular complexity index is 486. The van der Waals surface area contributed by atoms with Crippen LogP contribution in [0.25, 0.3) is 0 Å². The minimum atomic E-state index is -0.275. The third-order valence-corrected chi connectivity index (χ3v) is 4.15. The second-order valence-electron chi connectivity index (χ2n) is 5.87. The van der Waals surface area contributed by atoms with Crippen molar-refractivity contribution in [1.29, 1.82) is 0 Å². The lowest BCUT2D eigenvalue weighted by Crippen LogP contribution is -2.35. The normalized spacial score (nSPS) is 20.8. The first-order valence-corrected chi connectivity index (χ1v) is 7.81. The highest BCUT2D eigenvalue weighted by Gasteiger charge is 2.27. The highest BCUT2D eigenvalue weighted by molar-refractivity contribution is 5.91. The monoisotopic (exact) mass is 308 g/mol. The minimum Gasteiger partial charge on any atom is -0.459 e. The molecule has 122 valence electrons. The van der Waals surface area contributed by atoms with Crippen molar-refractivity contribution in [2.75, 3.05) is 20.1 Å². The number of furan rings is 1. The highest BCUT2D eigenvalue weighted by Crippen LogP contribution is 2.26. The molecule has 2 N–H and O–H groups in total. The predicted octanol–water partition coefficient (Wildman–Crippen LogP) is 1.41. The van der Waals surface area contributed by atoms with E-state index in [0.717, 1.165) is 19.3 Å². The Morgan fingerprint density at radius 2 is 2.27 bits per heavy atom. The SMILES string of the molecule is CN(CC1CCCC1O)C(=O)CCCNC(=O)c1ccco1. The molecule has 22 heavy (non-hydrogen) atoms. The van der Waals surface area contributed by atoms with Crippen molar-refractivity contribution < 1.29 is 19.1 Å². The first-order valence-electron chi connectivity index (χ1n) is 7.81. The number of nitrogens with zero attached hydrogens (tertiary/aromatic N) is 1. The molecule has 2 amide bonds. The molecule has 0 aromatic carbocycles. The van der Waals surface area contributed by atoms with Gasteiger partial charge in [0.1, 0.15) is 0 Å². The zero-order chi connectivity index (χ0) is 15.9. The van der Waals surface area contributed by atoms with Crippen LogP contribution in [0.1, 0.15) is 42.7 Å². The molecule has 0 spiro atoms. The standard InChI is InChI=1S/C16H24N2O4/c1-18(11-12-5-2-6-13(12)19)15(20)8-3-9-17-16(21)14-7-4-10-22-14/h4,7,10,12-13,19H,2-3,5-6,8-9,11H2,1H3,(H,17,21). The van der Waals surface area contributed by atoms with Gasteiger partial charge in [0.2, 0.25) is 5.91 Å². The fourth-order valence-corrected chi connectivity index (χ4v) is 2.81. The van der Waals surface area contributed by atoms with Crippen LogP contribution in [0.15, 0.2) is 22.8 Å². The second kappa shape index (κ2) is 7.98. The molecule has 1 aliphatic carbocycles. The molecule has 1 aliphatic rings. The Morgan fingerprint density at radius 1 is 1.45 bits per heavy atom. The summed E-state index contributed by atoms with van der Waals surface area (Å²) in [7, 11) is 1.77. The van der Waals surface area contributed by atoms with Crippen molar-refractivity contribution in [1.82, 2.24) is 10.2 Å². The molecule has 0 radical (unpaired) electrons. The van der Waals surface area contributed by atoms with Gasteiger partial charge in [0, 0.05) is 32.5 Å². The second-order valence-corrected chi connectivity index (χ2v) is 5.87. The quantitative estimate of drug-likeness (QED) is 0.746. The lowest BCUT2D eigenvalue weighted by atomic mass is 10.1. The average molecular weight is 308 g/mol. The topological polar surface area (TPSA) is 82.8 Å². The molecule has 6 heteroatoms. The van der Waals surface area contributed by atoms with Gasteiger partial charge in [-0.15, -0.1) is 0 Å². The van der Waals surface area contributed by atoms with E-state index >= 15 is 0 Å². The summed E-state index contributed by atoms with van der Waals surface area (Å²) in [6, 6.07) is 3.26. The molecular formula is C16H24N2O4. The van der Waals surface area contributed by atoms with E-state index in [1.165, 1.54) is 6.26 Å². The van der Waals surface area contributed by atoms with Gasteiger partial charge in [-0.25, -0.2) is 0 Å². The maximum absolute atomic E-state index is 12.0. The van der Waals surface area contributed by atoms with Crippen LogP contribution in [-0.2, 0) is 4.79 Å². The van der Waals surface area contributed by atoms with E-state index < -0.39 is 0 Å². The van der Waals surface area contributed by atoms with Crippen LogP contribution < -0.4 is 5.32 Å². The smallest absolute Gasteiger partial charge is 0.286 e. The van der Waals surface area contributed by atoms with E-state index in [-0.39, 0.29) is 29.6 Å². The number of nitrogens with one attached hydrogen (secondary N) is 1. The Kier molecular flexibility index (Phi) is 6.00. The Hall–Kier alpha value is -1.82. The summed E-state index contributed by atoms with van der Waals surface area (Å²) < 4.78 is 4.99. The first kappa shape index (κ1) is 16.5. The zero-order valence-corrected chi connectivity index (χ0v) is 13.0. The number of hydrogen-bond donors (Lipinski definition) is 2. The van der Waals surface area contributed by atoms with Gasteiger partial charge in [-0.3, -0.25) is 9.59 Å². The fourth-order valence-electron chi connectivity index (χ4n) is 2.81. The fraction of sp³-hybridized carbons (Fsp3) is 0.625. The Morgan fingerprint density at radius 3 is 2.91 bits per heavy atom. The van der Waals surface area contributed by atoms with Crippen molar-refractivity contribution in [3.8, 4) is 0 Å². The van der Waals surface area contributed by atoms with Crippen molar-refractivity contribution in [2.45, 2.75) is 38.2 Å². The van der Waals surface area contributed by atoms with Gasteiger partial charge in [-0.05, 0) is 31.4 Å². The Labute approximate surface area is 130 Å². The summed E-state index contributed by atoms with van der Waals surface area (Å²) in [6.07, 6.45) is 5.00. The molecule has 1 aromatic rings. The summed E-state index contributed by atoms with van der Waals surface area (Å²) >= 11 is 0. The summed E-state index contributed by atoms with van der Waals surface area (Å²) in [5, 5.41) is 12.5. The maximum atomic E-state index is 12.0. The third kappa shape index (κ3) is 4.59. The van der Waals surface area contributed by atoms with Gasteiger partial charge >= 0.3 is 0 Å². The van der Waals surface area contributed by atoms with Crippen LogP contribution in [0.2, 0.25) is 0 Å². The molecule has 0 saturated heterocycles. The molecule has 2 rings (SSSR count). The van der Waals surface area contributed by atoms with Crippen LogP contribution in [0.3, 0.4) is 0 Å². The van der Waals surface area contributed by atoms with E-state index in [9.17, 15) is 14.7 Å². The van der Waals surface area contributed by atoms with E-state index in [0.29, 0.717) is 25.9 Å². The molecule has 1 heterocycles. The van der Waals surface area contributed by atoms with Crippen LogP contribution in [0.4, 0.5) is 0 Å². The van der Waals surface area contributed by atoms with Gasteiger partial charge in [-0.2, -0.15) is 0 Å². The maximum Gasteiger partial charge on any atom is 0.286 e. The van der Waals surface area contributed by atoms with Crippen molar-refractivity contribution >= 4 is 11.8 Å². The summed E-state index contributed by atoms with van der Waals surface area (Å²) in [4.78, 5) is 25.3. The lowest BCUT2D eigenvalue weighted by molar-refractivity contribution is -0.130.